The fourth-order valence-electron chi connectivity index (χ4n) is 5.35. The van der Waals surface area contributed by atoms with Gasteiger partial charge >= 0.3 is 0 Å². The second-order valence-electron chi connectivity index (χ2n) is 9.63. The minimum atomic E-state index is -0.750. The highest BCUT2D eigenvalue weighted by Crippen LogP contribution is 2.54. The van der Waals surface area contributed by atoms with Crippen molar-refractivity contribution in [1.82, 2.24) is 4.90 Å². The van der Waals surface area contributed by atoms with Crippen molar-refractivity contribution >= 4 is 29.4 Å². The van der Waals surface area contributed by atoms with E-state index in [0.717, 1.165) is 11.1 Å². The van der Waals surface area contributed by atoms with Crippen molar-refractivity contribution in [3.8, 4) is 5.75 Å². The number of hydrogen-bond acceptors (Lipinski definition) is 5. The number of hydrogen-bond donors (Lipinski definition) is 0. The van der Waals surface area contributed by atoms with Crippen molar-refractivity contribution in [2.45, 2.75) is 32.9 Å². The molecule has 2 aromatic rings. The molecule has 0 aromatic heterocycles. The molecule has 2 saturated heterocycles. The maximum atomic E-state index is 13.8. The Morgan fingerprint density at radius 3 is 2.31 bits per heavy atom. The van der Waals surface area contributed by atoms with Gasteiger partial charge in [0.25, 0.3) is 0 Å². The number of ether oxygens (including phenoxy) is 1. The number of carbonyl (C=O) groups excluding carboxylic acids is 3. The minimum Gasteiger partial charge on any atom is -0.495 e. The molecule has 0 radical (unpaired) electrons. The summed E-state index contributed by atoms with van der Waals surface area (Å²) in [4.78, 5) is 44.4. The average Bonchev–Trinajstić information content (AvgIpc) is 3.25. The normalized spacial score (nSPS) is 26.1. The van der Waals surface area contributed by atoms with E-state index in [-0.39, 0.29) is 23.6 Å². The fourth-order valence-corrected chi connectivity index (χ4v) is 5.35. The van der Waals surface area contributed by atoms with Crippen molar-refractivity contribution in [3.63, 3.8) is 0 Å². The highest BCUT2D eigenvalue weighted by atomic mass is 16.5. The first-order valence-electron chi connectivity index (χ1n) is 10.9. The Hall–Kier alpha value is -3.41. The number of rotatable bonds is 3. The second kappa shape index (κ2) is 7.05. The number of carbonyl (C=O) groups is 3. The first-order valence-corrected chi connectivity index (χ1v) is 10.9. The number of amides is 2. The van der Waals surface area contributed by atoms with Crippen LogP contribution in [0.25, 0.3) is 6.08 Å². The van der Waals surface area contributed by atoms with Gasteiger partial charge in [-0.05, 0) is 29.3 Å². The third-order valence-electron chi connectivity index (χ3n) is 6.80. The number of fused-ring (bicyclic) bond motifs is 5. The van der Waals surface area contributed by atoms with Crippen LogP contribution in [0.1, 0.15) is 37.9 Å². The lowest BCUT2D eigenvalue weighted by molar-refractivity contribution is -0.135. The van der Waals surface area contributed by atoms with Gasteiger partial charge in [0.1, 0.15) is 11.8 Å². The van der Waals surface area contributed by atoms with Crippen molar-refractivity contribution in [2.75, 3.05) is 12.0 Å². The summed E-state index contributed by atoms with van der Waals surface area (Å²) in [5.41, 5.74) is 1.74. The molecule has 6 heteroatoms. The Balaban J connectivity index is 1.68. The molecule has 0 aliphatic carbocycles. The van der Waals surface area contributed by atoms with E-state index in [4.69, 9.17) is 4.74 Å². The molecule has 2 fully saturated rings. The lowest BCUT2D eigenvalue weighted by Crippen LogP contribution is -2.47. The maximum Gasteiger partial charge on any atom is 0.240 e. The molecule has 6 nitrogen and oxygen atoms in total. The average molecular weight is 431 g/mol. The number of nitrogens with zero attached hydrogens (tertiary/aromatic N) is 2. The van der Waals surface area contributed by atoms with E-state index in [1.807, 2.05) is 62.2 Å². The van der Waals surface area contributed by atoms with Crippen LogP contribution >= 0.6 is 0 Å². The smallest absolute Gasteiger partial charge is 0.240 e. The Bertz CT molecular complexity index is 1160. The Labute approximate surface area is 187 Å². The summed E-state index contributed by atoms with van der Waals surface area (Å²) >= 11 is 0. The van der Waals surface area contributed by atoms with Gasteiger partial charge in [-0.1, -0.05) is 57.2 Å². The first kappa shape index (κ1) is 20.5. The molecule has 0 unspecified atom stereocenters. The molecule has 4 atom stereocenters. The number of anilines is 1. The number of Topliss-reactive ketones (excluding diaryl/α,β-unsaturated/α-hetero) is 1. The van der Waals surface area contributed by atoms with E-state index in [2.05, 4.69) is 0 Å². The van der Waals surface area contributed by atoms with Gasteiger partial charge in [-0.2, -0.15) is 0 Å². The third-order valence-corrected chi connectivity index (χ3v) is 6.80. The summed E-state index contributed by atoms with van der Waals surface area (Å²) in [5.74, 6) is -1.60. The van der Waals surface area contributed by atoms with Crippen molar-refractivity contribution < 1.29 is 19.1 Å². The van der Waals surface area contributed by atoms with E-state index in [0.29, 0.717) is 11.4 Å². The summed E-state index contributed by atoms with van der Waals surface area (Å²) in [7, 11) is 1.51. The SMILES string of the molecule is COc1ccccc1N1C(=O)[C@@H]2[C@H](C1=O)[C@@H]1c3ccccc3C=CN1[C@@H]2C(=O)C(C)(C)C. The summed E-state index contributed by atoms with van der Waals surface area (Å²) in [6.45, 7) is 5.58. The second-order valence-corrected chi connectivity index (χ2v) is 9.63. The van der Waals surface area contributed by atoms with Gasteiger partial charge in [0, 0.05) is 11.6 Å². The summed E-state index contributed by atoms with van der Waals surface area (Å²) in [5, 5.41) is 0. The Morgan fingerprint density at radius 1 is 0.938 bits per heavy atom. The van der Waals surface area contributed by atoms with Crippen LogP contribution < -0.4 is 9.64 Å². The number of para-hydroxylation sites is 2. The van der Waals surface area contributed by atoms with E-state index < -0.39 is 23.3 Å². The number of ketones is 1. The van der Waals surface area contributed by atoms with Gasteiger partial charge in [-0.25, -0.2) is 4.90 Å². The molecule has 164 valence electrons. The zero-order chi connectivity index (χ0) is 22.8. The van der Waals surface area contributed by atoms with Gasteiger partial charge in [0.05, 0.1) is 30.7 Å². The van der Waals surface area contributed by atoms with Crippen LogP contribution in [-0.2, 0) is 14.4 Å². The molecular weight excluding hydrogens is 404 g/mol. The largest absolute Gasteiger partial charge is 0.495 e. The Kier molecular flexibility index (Phi) is 4.52. The predicted molar refractivity (Wildman–Crippen MR) is 121 cm³/mol. The molecule has 3 heterocycles. The van der Waals surface area contributed by atoms with Crippen LogP contribution in [0.4, 0.5) is 5.69 Å². The number of benzene rings is 2. The zero-order valence-electron chi connectivity index (χ0n) is 18.6. The quantitative estimate of drug-likeness (QED) is 0.693. The lowest BCUT2D eigenvalue weighted by atomic mass is 9.79. The molecular formula is C26H26N2O4. The standard InChI is InChI=1S/C26H26N2O4/c1-26(2,3)23(29)22-20-19(21-16-10-6-5-9-15(16)13-14-27(21)22)24(30)28(25(20)31)17-11-7-8-12-18(17)32-4/h5-14,19-22H,1-4H3/t19-,20+,21-,22-/m0/s1. The van der Waals surface area contributed by atoms with Crippen molar-refractivity contribution in [1.29, 1.82) is 0 Å². The van der Waals surface area contributed by atoms with E-state index >= 15 is 0 Å². The van der Waals surface area contributed by atoms with Crippen LogP contribution in [0, 0.1) is 17.3 Å². The zero-order valence-corrected chi connectivity index (χ0v) is 18.6. The number of imide groups is 1. The van der Waals surface area contributed by atoms with Crippen molar-refractivity contribution in [3.05, 3.63) is 65.9 Å². The van der Waals surface area contributed by atoms with E-state index in [1.54, 1.807) is 24.3 Å². The van der Waals surface area contributed by atoms with Crippen LogP contribution in [0.2, 0.25) is 0 Å². The molecule has 32 heavy (non-hydrogen) atoms. The molecule has 3 aliphatic rings. The third kappa shape index (κ3) is 2.75. The lowest BCUT2D eigenvalue weighted by Gasteiger charge is -2.37. The van der Waals surface area contributed by atoms with E-state index in [9.17, 15) is 14.4 Å². The first-order chi connectivity index (χ1) is 15.3. The van der Waals surface area contributed by atoms with Crippen LogP contribution in [0.5, 0.6) is 5.75 Å². The van der Waals surface area contributed by atoms with Gasteiger partial charge in [0.15, 0.2) is 5.78 Å². The molecule has 3 aliphatic heterocycles. The topological polar surface area (TPSA) is 66.9 Å². The molecule has 0 N–H and O–H groups in total. The molecule has 2 amide bonds. The molecule has 5 rings (SSSR count). The Morgan fingerprint density at radius 2 is 1.59 bits per heavy atom. The fraction of sp³-hybridized carbons (Fsp3) is 0.346. The molecule has 0 saturated carbocycles. The summed E-state index contributed by atoms with van der Waals surface area (Å²) < 4.78 is 5.43. The molecule has 0 bridgehead atoms. The van der Waals surface area contributed by atoms with Gasteiger partial charge in [-0.3, -0.25) is 14.4 Å². The van der Waals surface area contributed by atoms with Gasteiger partial charge in [-0.15, -0.1) is 0 Å². The summed E-state index contributed by atoms with van der Waals surface area (Å²) in [6, 6.07) is 13.8. The van der Waals surface area contributed by atoms with Crippen LogP contribution in [-0.4, -0.2) is 35.6 Å². The van der Waals surface area contributed by atoms with E-state index in [1.165, 1.54) is 12.0 Å². The van der Waals surface area contributed by atoms with Crippen molar-refractivity contribution in [2.24, 2.45) is 17.3 Å². The molecule has 2 aromatic carbocycles. The summed E-state index contributed by atoms with van der Waals surface area (Å²) in [6.07, 6.45) is 3.84. The van der Waals surface area contributed by atoms with Gasteiger partial charge < -0.3 is 9.64 Å². The highest BCUT2D eigenvalue weighted by Gasteiger charge is 2.65. The number of methoxy groups -OCH3 is 1. The highest BCUT2D eigenvalue weighted by molar-refractivity contribution is 6.24. The van der Waals surface area contributed by atoms with Crippen LogP contribution in [0.15, 0.2) is 54.7 Å². The minimum absolute atomic E-state index is 0.0398. The predicted octanol–water partition coefficient (Wildman–Crippen LogP) is 3.83. The van der Waals surface area contributed by atoms with Gasteiger partial charge in [0.2, 0.25) is 11.8 Å². The van der Waals surface area contributed by atoms with Crippen LogP contribution in [0.3, 0.4) is 0 Å². The monoisotopic (exact) mass is 430 g/mol. The maximum absolute atomic E-state index is 13.8. The molecule has 0 spiro atoms.